The molecule has 7 heteroatoms. The molecule has 4 rings (SSSR count). The molecule has 0 radical (unpaired) electrons. The molecule has 0 aromatic heterocycles. The number of nitrogens with zero attached hydrogens (tertiary/aromatic N) is 2. The normalized spacial score (nSPS) is 16.1. The van der Waals surface area contributed by atoms with E-state index in [9.17, 15) is 8.42 Å². The summed E-state index contributed by atoms with van der Waals surface area (Å²) in [6.07, 6.45) is 0. The van der Waals surface area contributed by atoms with Gasteiger partial charge in [-0.05, 0) is 49.2 Å². The van der Waals surface area contributed by atoms with Crippen LogP contribution in [0.1, 0.15) is 11.1 Å². The van der Waals surface area contributed by atoms with Gasteiger partial charge in [-0.2, -0.15) is 0 Å². The van der Waals surface area contributed by atoms with Gasteiger partial charge >= 0.3 is 0 Å². The second-order valence-corrected chi connectivity index (χ2v) is 8.45. The third-order valence-electron chi connectivity index (χ3n) is 5.10. The van der Waals surface area contributed by atoms with Crippen molar-refractivity contribution in [3.63, 3.8) is 0 Å². The first kappa shape index (κ1) is 17.0. The van der Waals surface area contributed by atoms with Crippen molar-refractivity contribution in [2.75, 3.05) is 42.6 Å². The number of benzene rings is 2. The molecule has 0 spiro atoms. The number of sulfonamides is 1. The molecule has 0 unspecified atom stereocenters. The number of aryl methyl sites for hydroxylation is 2. The monoisotopic (exact) mass is 374 g/mol. The molecular formula is C19H22N2O4S. The van der Waals surface area contributed by atoms with Crippen LogP contribution in [-0.4, -0.2) is 41.8 Å². The maximum absolute atomic E-state index is 13.5. The number of hydrogen-bond acceptors (Lipinski definition) is 5. The molecule has 0 saturated carbocycles. The summed E-state index contributed by atoms with van der Waals surface area (Å²) in [5.41, 5.74) is 3.43. The van der Waals surface area contributed by atoms with Crippen molar-refractivity contribution in [1.82, 2.24) is 0 Å². The van der Waals surface area contributed by atoms with Crippen LogP contribution in [0.25, 0.3) is 0 Å². The zero-order chi connectivity index (χ0) is 18.5. The van der Waals surface area contributed by atoms with Gasteiger partial charge in [0.15, 0.2) is 0 Å². The molecule has 138 valence electrons. The second kappa shape index (κ2) is 6.09. The van der Waals surface area contributed by atoms with Crippen molar-refractivity contribution < 1.29 is 17.9 Å². The summed E-state index contributed by atoms with van der Waals surface area (Å²) >= 11 is 0. The third kappa shape index (κ3) is 2.49. The lowest BCUT2D eigenvalue weighted by molar-refractivity contribution is 0.307. The Bertz CT molecular complexity index is 972. The van der Waals surface area contributed by atoms with Crippen molar-refractivity contribution in [2.24, 2.45) is 0 Å². The highest BCUT2D eigenvalue weighted by atomic mass is 32.2. The molecule has 0 amide bonds. The topological polar surface area (TPSA) is 59.1 Å². The Morgan fingerprint density at radius 2 is 1.85 bits per heavy atom. The van der Waals surface area contributed by atoms with Crippen LogP contribution in [-0.2, 0) is 10.0 Å². The summed E-state index contributed by atoms with van der Waals surface area (Å²) < 4.78 is 39.6. The van der Waals surface area contributed by atoms with E-state index in [1.165, 1.54) is 11.4 Å². The highest BCUT2D eigenvalue weighted by Gasteiger charge is 2.36. The molecule has 2 aliphatic rings. The predicted octanol–water partition coefficient (Wildman–Crippen LogP) is 2.72. The smallest absolute Gasteiger partial charge is 0.268 e. The van der Waals surface area contributed by atoms with E-state index in [1.807, 2.05) is 32.0 Å². The lowest BCUT2D eigenvalue weighted by Gasteiger charge is -2.41. The van der Waals surface area contributed by atoms with Crippen LogP contribution in [0.15, 0.2) is 35.2 Å². The van der Waals surface area contributed by atoms with Crippen LogP contribution in [0, 0.1) is 13.8 Å². The fourth-order valence-electron chi connectivity index (χ4n) is 3.57. The van der Waals surface area contributed by atoms with Gasteiger partial charge in [-0.25, -0.2) is 8.42 Å². The van der Waals surface area contributed by atoms with Crippen molar-refractivity contribution >= 4 is 21.4 Å². The largest absolute Gasteiger partial charge is 0.495 e. The predicted molar refractivity (Wildman–Crippen MR) is 101 cm³/mol. The van der Waals surface area contributed by atoms with Gasteiger partial charge in [0.1, 0.15) is 28.7 Å². The van der Waals surface area contributed by atoms with E-state index in [0.717, 1.165) is 29.1 Å². The van der Waals surface area contributed by atoms with Crippen LogP contribution in [0.2, 0.25) is 0 Å². The van der Waals surface area contributed by atoms with E-state index >= 15 is 0 Å². The molecule has 2 heterocycles. The summed E-state index contributed by atoms with van der Waals surface area (Å²) in [4.78, 5) is 2.39. The average molecular weight is 374 g/mol. The molecule has 26 heavy (non-hydrogen) atoms. The number of para-hydroxylation sites is 1. The second-order valence-electron chi connectivity index (χ2n) is 6.62. The zero-order valence-electron chi connectivity index (χ0n) is 15.2. The van der Waals surface area contributed by atoms with Crippen LogP contribution in [0.4, 0.5) is 11.4 Å². The molecule has 0 bridgehead atoms. The molecule has 2 aliphatic heterocycles. The van der Waals surface area contributed by atoms with Gasteiger partial charge in [-0.15, -0.1) is 0 Å². The molecule has 0 N–H and O–H groups in total. The Labute approximate surface area is 154 Å². The molecule has 6 nitrogen and oxygen atoms in total. The van der Waals surface area contributed by atoms with Gasteiger partial charge in [-0.1, -0.05) is 6.07 Å². The number of hydrogen-bond donors (Lipinski definition) is 0. The quantitative estimate of drug-likeness (QED) is 0.827. The van der Waals surface area contributed by atoms with Crippen LogP contribution in [0.3, 0.4) is 0 Å². The Balaban J connectivity index is 1.87. The minimum absolute atomic E-state index is 0.200. The van der Waals surface area contributed by atoms with Gasteiger partial charge < -0.3 is 14.4 Å². The lowest BCUT2D eigenvalue weighted by Crippen LogP contribution is -2.46. The standard InChI is InChI=1S/C19H22N2O4S/c1-13-11-17(24-3)18(12-14(13)2)26(22,23)21-8-7-20-9-10-25-16-6-4-5-15(21)19(16)20/h4-6,11-12H,7-10H2,1-3H3. The Kier molecular flexibility index (Phi) is 3.99. The summed E-state index contributed by atoms with van der Waals surface area (Å²) in [6.45, 7) is 6.27. The summed E-state index contributed by atoms with van der Waals surface area (Å²) in [5.74, 6) is 1.11. The fourth-order valence-corrected chi connectivity index (χ4v) is 5.26. The van der Waals surface area contributed by atoms with Gasteiger partial charge in [0.25, 0.3) is 10.0 Å². The molecule has 0 saturated heterocycles. The number of methoxy groups -OCH3 is 1. The maximum atomic E-state index is 13.5. The summed E-state index contributed by atoms with van der Waals surface area (Å²) in [7, 11) is -2.26. The molecule has 0 aliphatic carbocycles. The van der Waals surface area contributed by atoms with E-state index in [1.54, 1.807) is 12.1 Å². The maximum Gasteiger partial charge on any atom is 0.268 e. The Morgan fingerprint density at radius 3 is 2.62 bits per heavy atom. The highest BCUT2D eigenvalue weighted by molar-refractivity contribution is 7.93. The zero-order valence-corrected chi connectivity index (χ0v) is 16.0. The van der Waals surface area contributed by atoms with Crippen LogP contribution in [0.5, 0.6) is 11.5 Å². The Morgan fingerprint density at radius 1 is 1.08 bits per heavy atom. The first-order valence-corrected chi connectivity index (χ1v) is 10.1. The highest BCUT2D eigenvalue weighted by Crippen LogP contribution is 2.45. The van der Waals surface area contributed by atoms with E-state index in [0.29, 0.717) is 31.1 Å². The third-order valence-corrected chi connectivity index (χ3v) is 6.94. The number of rotatable bonds is 3. The van der Waals surface area contributed by atoms with E-state index in [4.69, 9.17) is 9.47 Å². The van der Waals surface area contributed by atoms with E-state index in [2.05, 4.69) is 4.90 Å². The molecule has 2 aromatic rings. The van der Waals surface area contributed by atoms with Crippen molar-refractivity contribution in [2.45, 2.75) is 18.7 Å². The van der Waals surface area contributed by atoms with Crippen molar-refractivity contribution in [3.05, 3.63) is 41.5 Å². The molecular weight excluding hydrogens is 352 g/mol. The van der Waals surface area contributed by atoms with Crippen LogP contribution >= 0.6 is 0 Å². The molecule has 2 aromatic carbocycles. The molecule has 0 fully saturated rings. The van der Waals surface area contributed by atoms with Gasteiger partial charge in [0, 0.05) is 6.54 Å². The van der Waals surface area contributed by atoms with Gasteiger partial charge in [-0.3, -0.25) is 4.31 Å². The van der Waals surface area contributed by atoms with Crippen LogP contribution < -0.4 is 18.7 Å². The number of ether oxygens (including phenoxy) is 2. The lowest BCUT2D eigenvalue weighted by atomic mass is 10.1. The van der Waals surface area contributed by atoms with Crippen molar-refractivity contribution in [1.29, 1.82) is 0 Å². The van der Waals surface area contributed by atoms with E-state index < -0.39 is 10.0 Å². The molecule has 0 atom stereocenters. The number of anilines is 2. The van der Waals surface area contributed by atoms with Gasteiger partial charge in [0.05, 0.1) is 25.9 Å². The minimum Gasteiger partial charge on any atom is -0.495 e. The summed E-state index contributed by atoms with van der Waals surface area (Å²) in [6, 6.07) is 9.04. The van der Waals surface area contributed by atoms with Crippen molar-refractivity contribution in [3.8, 4) is 11.5 Å². The first-order valence-electron chi connectivity index (χ1n) is 8.62. The van der Waals surface area contributed by atoms with E-state index in [-0.39, 0.29) is 4.90 Å². The summed E-state index contributed by atoms with van der Waals surface area (Å²) in [5, 5.41) is 0. The van der Waals surface area contributed by atoms with Gasteiger partial charge in [0.2, 0.25) is 0 Å². The SMILES string of the molecule is COc1cc(C)c(C)cc1S(=O)(=O)N1CCN2CCOc3cccc1c32. The first-order chi connectivity index (χ1) is 12.4. The Hall–Kier alpha value is -2.41. The average Bonchev–Trinajstić information content (AvgIpc) is 2.64. The minimum atomic E-state index is -3.76. The fraction of sp³-hybridized carbons (Fsp3) is 0.368.